The average molecular weight is 312 g/mol. The maximum Gasteiger partial charge on any atom is 0.317 e. The minimum Gasteiger partial charge on any atom is -0.493 e. The highest BCUT2D eigenvalue weighted by Crippen LogP contribution is 2.32. The Bertz CT molecular complexity index is 597. The lowest BCUT2D eigenvalue weighted by atomic mass is 9.86. The van der Waals surface area contributed by atoms with Crippen LogP contribution in [0, 0.1) is 17.8 Å². The Balaban J connectivity index is 1.28. The summed E-state index contributed by atoms with van der Waals surface area (Å²) >= 11 is 0. The maximum absolute atomic E-state index is 12.4. The summed E-state index contributed by atoms with van der Waals surface area (Å²) in [5.74, 6) is 2.68. The second-order valence-electron chi connectivity index (χ2n) is 7.04. The molecule has 2 aliphatic heterocycles. The number of rotatable bonds is 2. The molecule has 1 aromatic rings. The topological polar surface area (TPSA) is 41.6 Å². The van der Waals surface area contributed by atoms with E-state index >= 15 is 0 Å². The number of para-hydroxylation sites is 1. The maximum atomic E-state index is 12.4. The van der Waals surface area contributed by atoms with Crippen LogP contribution in [0.1, 0.15) is 18.4 Å². The van der Waals surface area contributed by atoms with Crippen LogP contribution in [0.5, 0.6) is 5.75 Å². The first-order valence-corrected chi connectivity index (χ1v) is 8.68. The molecule has 4 nitrogen and oxygen atoms in total. The molecule has 4 heteroatoms. The van der Waals surface area contributed by atoms with Gasteiger partial charge in [0.05, 0.1) is 6.61 Å². The minimum absolute atomic E-state index is 0.0956. The predicted molar refractivity (Wildman–Crippen MR) is 89.5 cm³/mol. The van der Waals surface area contributed by atoms with Crippen molar-refractivity contribution in [2.75, 3.05) is 26.2 Å². The van der Waals surface area contributed by atoms with Crippen LogP contribution in [0.4, 0.5) is 4.79 Å². The molecule has 3 atom stereocenters. The highest BCUT2D eigenvalue weighted by Gasteiger charge is 2.35. The average Bonchev–Trinajstić information content (AvgIpc) is 3.04. The number of urea groups is 1. The van der Waals surface area contributed by atoms with E-state index in [2.05, 4.69) is 23.5 Å². The molecule has 0 spiro atoms. The van der Waals surface area contributed by atoms with Crippen molar-refractivity contribution in [2.24, 2.45) is 17.8 Å². The predicted octanol–water partition coefficient (Wildman–Crippen LogP) is 2.85. The van der Waals surface area contributed by atoms with Crippen molar-refractivity contribution in [3.63, 3.8) is 0 Å². The van der Waals surface area contributed by atoms with E-state index in [1.54, 1.807) is 0 Å². The van der Waals surface area contributed by atoms with E-state index in [1.165, 1.54) is 5.56 Å². The van der Waals surface area contributed by atoms with Crippen molar-refractivity contribution in [1.29, 1.82) is 0 Å². The largest absolute Gasteiger partial charge is 0.493 e. The van der Waals surface area contributed by atoms with Gasteiger partial charge in [-0.2, -0.15) is 0 Å². The minimum atomic E-state index is 0.0956. The lowest BCUT2D eigenvalue weighted by molar-refractivity contribution is 0.192. The van der Waals surface area contributed by atoms with Gasteiger partial charge >= 0.3 is 6.03 Å². The number of hydrogen-bond donors (Lipinski definition) is 1. The SMILES string of the molecule is O=C(NC[C@@H]1COc2ccccc2C1)N1C[C@H]2CC=CC[C@H]2C1. The van der Waals surface area contributed by atoms with Crippen LogP contribution in [0.25, 0.3) is 0 Å². The third-order valence-electron chi connectivity index (χ3n) is 5.41. The first-order valence-electron chi connectivity index (χ1n) is 8.68. The van der Waals surface area contributed by atoms with Crippen LogP contribution >= 0.6 is 0 Å². The summed E-state index contributed by atoms with van der Waals surface area (Å²) in [6.45, 7) is 3.19. The fourth-order valence-electron chi connectivity index (χ4n) is 4.05. The molecule has 1 N–H and O–H groups in total. The molecule has 122 valence electrons. The Kier molecular flexibility index (Phi) is 3.98. The fourth-order valence-corrected chi connectivity index (χ4v) is 4.05. The molecule has 23 heavy (non-hydrogen) atoms. The molecule has 0 unspecified atom stereocenters. The monoisotopic (exact) mass is 312 g/mol. The van der Waals surface area contributed by atoms with Crippen molar-refractivity contribution < 1.29 is 9.53 Å². The number of nitrogens with zero attached hydrogens (tertiary/aromatic N) is 1. The van der Waals surface area contributed by atoms with E-state index in [0.29, 0.717) is 30.9 Å². The summed E-state index contributed by atoms with van der Waals surface area (Å²) in [6.07, 6.45) is 7.76. The zero-order chi connectivity index (χ0) is 15.6. The smallest absolute Gasteiger partial charge is 0.317 e. The number of amides is 2. The molecule has 1 aromatic carbocycles. The Morgan fingerprint density at radius 2 is 1.91 bits per heavy atom. The third-order valence-corrected chi connectivity index (χ3v) is 5.41. The molecule has 2 amide bonds. The number of hydrogen-bond acceptors (Lipinski definition) is 2. The summed E-state index contributed by atoms with van der Waals surface area (Å²) in [7, 11) is 0. The zero-order valence-corrected chi connectivity index (χ0v) is 13.4. The molecule has 0 saturated carbocycles. The van der Waals surface area contributed by atoms with E-state index < -0.39 is 0 Å². The zero-order valence-electron chi connectivity index (χ0n) is 13.4. The van der Waals surface area contributed by atoms with Crippen LogP contribution < -0.4 is 10.1 Å². The van der Waals surface area contributed by atoms with Crippen molar-refractivity contribution in [2.45, 2.75) is 19.3 Å². The number of benzene rings is 1. The van der Waals surface area contributed by atoms with Gasteiger partial charge in [-0.05, 0) is 42.7 Å². The van der Waals surface area contributed by atoms with Crippen LogP contribution in [0.15, 0.2) is 36.4 Å². The fraction of sp³-hybridized carbons (Fsp3) is 0.526. The first kappa shape index (κ1) is 14.6. The number of nitrogens with one attached hydrogen (secondary N) is 1. The normalized spacial score (nSPS) is 28.7. The second-order valence-corrected chi connectivity index (χ2v) is 7.04. The second kappa shape index (κ2) is 6.26. The number of likely N-dealkylation sites (tertiary alicyclic amines) is 1. The molecule has 1 saturated heterocycles. The van der Waals surface area contributed by atoms with Gasteiger partial charge in [0.25, 0.3) is 0 Å². The summed E-state index contributed by atoms with van der Waals surface area (Å²) in [6, 6.07) is 8.27. The van der Waals surface area contributed by atoms with Crippen molar-refractivity contribution >= 4 is 6.03 Å². The lowest BCUT2D eigenvalue weighted by Gasteiger charge is -2.26. The molecular weight excluding hydrogens is 288 g/mol. The number of carbonyl (C=O) groups is 1. The van der Waals surface area contributed by atoms with Gasteiger partial charge in [-0.15, -0.1) is 0 Å². The number of allylic oxidation sites excluding steroid dienone is 2. The van der Waals surface area contributed by atoms with Gasteiger partial charge in [-0.1, -0.05) is 30.4 Å². The molecule has 0 bridgehead atoms. The molecule has 3 aliphatic rings. The van der Waals surface area contributed by atoms with Crippen LogP contribution in [0.2, 0.25) is 0 Å². The Morgan fingerprint density at radius 3 is 2.70 bits per heavy atom. The van der Waals surface area contributed by atoms with Gasteiger partial charge in [0.15, 0.2) is 0 Å². The number of fused-ring (bicyclic) bond motifs is 2. The third kappa shape index (κ3) is 3.07. The molecular formula is C19H24N2O2. The van der Waals surface area contributed by atoms with Crippen LogP contribution in [-0.2, 0) is 6.42 Å². The van der Waals surface area contributed by atoms with E-state index in [1.807, 2.05) is 23.1 Å². The van der Waals surface area contributed by atoms with Gasteiger partial charge in [0.2, 0.25) is 0 Å². The Labute approximate surface area is 137 Å². The Morgan fingerprint density at radius 1 is 1.17 bits per heavy atom. The quantitative estimate of drug-likeness (QED) is 0.853. The van der Waals surface area contributed by atoms with Gasteiger partial charge in [-0.25, -0.2) is 4.79 Å². The van der Waals surface area contributed by atoms with E-state index in [9.17, 15) is 4.79 Å². The Hall–Kier alpha value is -1.97. The molecule has 4 rings (SSSR count). The molecule has 0 radical (unpaired) electrons. The standard InChI is InChI=1S/C19H24N2O2/c22-19(21-11-16-6-1-2-7-17(16)12-21)20-10-14-9-15-5-3-4-8-18(15)23-13-14/h1-5,8,14,16-17H,6-7,9-13H2,(H,20,22)/t14-,16-,17+/m1/s1. The highest BCUT2D eigenvalue weighted by atomic mass is 16.5. The molecule has 0 aromatic heterocycles. The van der Waals surface area contributed by atoms with Gasteiger partial charge < -0.3 is 15.0 Å². The summed E-state index contributed by atoms with van der Waals surface area (Å²) in [5.41, 5.74) is 1.25. The number of carbonyl (C=O) groups excluding carboxylic acids is 1. The van der Waals surface area contributed by atoms with E-state index in [-0.39, 0.29) is 6.03 Å². The van der Waals surface area contributed by atoms with Gasteiger partial charge in [-0.3, -0.25) is 0 Å². The van der Waals surface area contributed by atoms with E-state index in [4.69, 9.17) is 4.74 Å². The van der Waals surface area contributed by atoms with Crippen molar-refractivity contribution in [3.8, 4) is 5.75 Å². The molecule has 1 aliphatic carbocycles. The van der Waals surface area contributed by atoms with Crippen molar-refractivity contribution in [1.82, 2.24) is 10.2 Å². The number of ether oxygens (including phenoxy) is 1. The van der Waals surface area contributed by atoms with Gasteiger partial charge in [0.1, 0.15) is 5.75 Å². The molecule has 1 fully saturated rings. The summed E-state index contributed by atoms with van der Waals surface area (Å²) < 4.78 is 5.80. The van der Waals surface area contributed by atoms with E-state index in [0.717, 1.165) is 38.1 Å². The highest BCUT2D eigenvalue weighted by molar-refractivity contribution is 5.74. The summed E-state index contributed by atoms with van der Waals surface area (Å²) in [4.78, 5) is 14.4. The molecule has 2 heterocycles. The van der Waals surface area contributed by atoms with Crippen LogP contribution in [0.3, 0.4) is 0 Å². The lowest BCUT2D eigenvalue weighted by Crippen LogP contribution is -2.42. The first-order chi connectivity index (χ1) is 11.3. The van der Waals surface area contributed by atoms with Crippen molar-refractivity contribution in [3.05, 3.63) is 42.0 Å². The van der Waals surface area contributed by atoms with Crippen LogP contribution in [-0.4, -0.2) is 37.2 Å². The summed E-state index contributed by atoms with van der Waals surface area (Å²) in [5, 5.41) is 3.12. The van der Waals surface area contributed by atoms with Gasteiger partial charge in [0, 0.05) is 25.6 Å².